The van der Waals surface area contributed by atoms with E-state index >= 15 is 14.4 Å². The minimum atomic E-state index is -1.74. The molecule has 2 saturated heterocycles. The van der Waals surface area contributed by atoms with Gasteiger partial charge in [0.05, 0.1) is 40.3 Å². The number of carbonyl (C=O) groups excluding carboxylic acids is 3. The van der Waals surface area contributed by atoms with Crippen molar-refractivity contribution in [3.8, 4) is 17.6 Å². The lowest BCUT2D eigenvalue weighted by molar-refractivity contribution is -0.177. The van der Waals surface area contributed by atoms with Crippen LogP contribution in [-0.2, 0) is 31.1 Å². The number of anilines is 2. The monoisotopic (exact) mass is 877 g/mol. The number of aliphatic hydroxyl groups excluding tert-OH is 1. The second-order valence-corrected chi connectivity index (χ2v) is 17.2. The zero-order valence-electron chi connectivity index (χ0n) is 34.6. The van der Waals surface area contributed by atoms with Gasteiger partial charge >= 0.3 is 5.97 Å². The summed E-state index contributed by atoms with van der Waals surface area (Å²) in [5.74, 6) is 4.01. The lowest BCUT2D eigenvalue weighted by Crippen LogP contribution is -2.53. The molecule has 2 aromatic heterocycles. The number of amides is 2. The minimum Gasteiger partial charge on any atom is -0.491 e. The Bertz CT molecular complexity index is 3150. The number of ether oxygens (including phenoxy) is 2. The van der Waals surface area contributed by atoms with Gasteiger partial charge in [-0.05, 0) is 76.9 Å². The SMILES string of the molecule is O=C1O[C@H](c2ccccc2)[C@H](c2ccccc2)N2[C@H]1[C@@H](C(=O)Nc1nc3ccccc3s1)[C@]1(C(=O)Nc3ccc(C#CCn4nnc5ccccc54)cc31)[C@H]2c1ccc(OCCO)cc1. The zero-order chi connectivity index (χ0) is 44.1. The van der Waals surface area contributed by atoms with Gasteiger partial charge in [-0.3, -0.25) is 19.3 Å². The van der Waals surface area contributed by atoms with Gasteiger partial charge in [0.15, 0.2) is 5.13 Å². The molecule has 3 aliphatic heterocycles. The van der Waals surface area contributed by atoms with Gasteiger partial charge in [0, 0.05) is 11.3 Å². The number of nitrogens with zero attached hydrogens (tertiary/aromatic N) is 5. The largest absolute Gasteiger partial charge is 0.491 e. The Balaban J connectivity index is 1.13. The molecule has 65 heavy (non-hydrogen) atoms. The van der Waals surface area contributed by atoms with Crippen molar-refractivity contribution >= 4 is 61.2 Å². The summed E-state index contributed by atoms with van der Waals surface area (Å²) < 4.78 is 15.0. The molecule has 0 aliphatic carbocycles. The van der Waals surface area contributed by atoms with Crippen LogP contribution in [0.3, 0.4) is 0 Å². The van der Waals surface area contributed by atoms with E-state index in [2.05, 4.69) is 32.8 Å². The van der Waals surface area contributed by atoms with E-state index in [1.165, 1.54) is 11.3 Å². The summed E-state index contributed by atoms with van der Waals surface area (Å²) in [6.07, 6.45) is -0.825. The van der Waals surface area contributed by atoms with E-state index in [1.807, 2.05) is 138 Å². The number of cyclic esters (lactones) is 1. The number of nitrogens with one attached hydrogen (secondary N) is 2. The maximum Gasteiger partial charge on any atom is 0.324 e. The number of rotatable bonds is 9. The van der Waals surface area contributed by atoms with Crippen molar-refractivity contribution in [2.45, 2.75) is 36.2 Å². The fourth-order valence-electron chi connectivity index (χ4n) is 9.94. The molecule has 6 aromatic carbocycles. The lowest BCUT2D eigenvalue weighted by atomic mass is 9.65. The lowest BCUT2D eigenvalue weighted by Gasteiger charge is -2.46. The Morgan fingerprint density at radius 3 is 2.32 bits per heavy atom. The van der Waals surface area contributed by atoms with Crippen LogP contribution in [0.15, 0.2) is 152 Å². The molecule has 1 spiro atoms. The number of carbonyl (C=O) groups is 3. The number of benzene rings is 6. The van der Waals surface area contributed by atoms with Crippen molar-refractivity contribution in [1.82, 2.24) is 24.9 Å². The van der Waals surface area contributed by atoms with Gasteiger partial charge in [0.2, 0.25) is 11.8 Å². The predicted molar refractivity (Wildman–Crippen MR) is 245 cm³/mol. The van der Waals surface area contributed by atoms with Crippen molar-refractivity contribution < 1.29 is 29.0 Å². The minimum absolute atomic E-state index is 0.0856. The number of hydrogen-bond donors (Lipinski definition) is 3. The van der Waals surface area contributed by atoms with Gasteiger partial charge in [-0.25, -0.2) is 9.67 Å². The number of esters is 1. The predicted octanol–water partition coefficient (Wildman–Crippen LogP) is 7.37. The number of aromatic nitrogens is 4. The van der Waals surface area contributed by atoms with Crippen LogP contribution in [0.25, 0.3) is 21.3 Å². The van der Waals surface area contributed by atoms with E-state index in [0.717, 1.165) is 26.9 Å². The maximum absolute atomic E-state index is 15.6. The van der Waals surface area contributed by atoms with E-state index in [1.54, 1.807) is 22.9 Å². The van der Waals surface area contributed by atoms with Gasteiger partial charge in [0.25, 0.3) is 0 Å². The number of fused-ring (bicyclic) bond motifs is 5. The molecule has 320 valence electrons. The first-order valence-electron chi connectivity index (χ1n) is 21.2. The molecule has 0 radical (unpaired) electrons. The molecule has 2 amide bonds. The Kier molecular flexibility index (Phi) is 10.1. The van der Waals surface area contributed by atoms with E-state index in [9.17, 15) is 5.11 Å². The van der Waals surface area contributed by atoms with Gasteiger partial charge in [-0.2, -0.15) is 0 Å². The smallest absolute Gasteiger partial charge is 0.324 e. The van der Waals surface area contributed by atoms with Crippen LogP contribution in [-0.4, -0.2) is 67.0 Å². The van der Waals surface area contributed by atoms with Gasteiger partial charge in [-0.1, -0.05) is 125 Å². The van der Waals surface area contributed by atoms with Crippen LogP contribution in [0.2, 0.25) is 0 Å². The topological polar surface area (TPSA) is 161 Å². The third kappa shape index (κ3) is 6.80. The number of hydrogen-bond acceptors (Lipinski definition) is 11. The molecule has 3 aliphatic rings. The van der Waals surface area contributed by atoms with Crippen LogP contribution in [0.4, 0.5) is 10.8 Å². The van der Waals surface area contributed by atoms with Crippen molar-refractivity contribution in [3.63, 3.8) is 0 Å². The van der Waals surface area contributed by atoms with Crippen LogP contribution in [0.5, 0.6) is 5.75 Å². The molecule has 3 N–H and O–H groups in total. The fraction of sp³-hybridized carbons (Fsp3) is 0.176. The molecular formula is C51H39N7O6S. The normalized spacial score (nSPS) is 22.2. The molecular weight excluding hydrogens is 839 g/mol. The molecule has 11 rings (SSSR count). The van der Waals surface area contributed by atoms with Crippen LogP contribution >= 0.6 is 11.3 Å². The van der Waals surface area contributed by atoms with Crippen LogP contribution in [0, 0.1) is 17.8 Å². The Labute approximate surface area is 376 Å². The third-order valence-electron chi connectivity index (χ3n) is 12.6. The quantitative estimate of drug-likeness (QED) is 0.0987. The molecule has 0 saturated carbocycles. The van der Waals surface area contributed by atoms with Crippen molar-refractivity contribution in [2.24, 2.45) is 5.92 Å². The highest BCUT2D eigenvalue weighted by Gasteiger charge is 2.74. The highest BCUT2D eigenvalue weighted by Crippen LogP contribution is 2.65. The molecule has 14 heteroatoms. The summed E-state index contributed by atoms with van der Waals surface area (Å²) in [5, 5.41) is 24.7. The average Bonchev–Trinajstić information content (AvgIpc) is 4.10. The van der Waals surface area contributed by atoms with Crippen molar-refractivity contribution in [1.29, 1.82) is 0 Å². The van der Waals surface area contributed by atoms with Gasteiger partial charge in [0.1, 0.15) is 42.0 Å². The highest BCUT2D eigenvalue weighted by atomic mass is 32.1. The number of para-hydroxylation sites is 2. The van der Waals surface area contributed by atoms with Crippen LogP contribution < -0.4 is 15.4 Å². The number of aliphatic hydroxyl groups is 1. The Morgan fingerprint density at radius 1 is 0.831 bits per heavy atom. The molecule has 0 unspecified atom stereocenters. The first-order valence-corrected chi connectivity index (χ1v) is 22.0. The molecule has 13 nitrogen and oxygen atoms in total. The molecule has 5 heterocycles. The fourth-order valence-corrected chi connectivity index (χ4v) is 10.8. The average molecular weight is 878 g/mol. The third-order valence-corrected chi connectivity index (χ3v) is 13.5. The zero-order valence-corrected chi connectivity index (χ0v) is 35.4. The molecule has 2 fully saturated rings. The number of morpholine rings is 1. The summed E-state index contributed by atoms with van der Waals surface area (Å²) >= 11 is 1.31. The maximum atomic E-state index is 15.6. The first-order chi connectivity index (χ1) is 31.9. The summed E-state index contributed by atoms with van der Waals surface area (Å²) in [5.41, 5.74) is 4.40. The van der Waals surface area contributed by atoms with Crippen LogP contribution in [0.1, 0.15) is 46.0 Å². The summed E-state index contributed by atoms with van der Waals surface area (Å²) in [4.78, 5) is 53.2. The van der Waals surface area contributed by atoms with E-state index in [-0.39, 0.29) is 19.8 Å². The summed E-state index contributed by atoms with van der Waals surface area (Å²) in [7, 11) is 0. The van der Waals surface area contributed by atoms with E-state index in [0.29, 0.717) is 38.8 Å². The van der Waals surface area contributed by atoms with Gasteiger partial charge in [-0.15, -0.1) is 5.10 Å². The Morgan fingerprint density at radius 2 is 1.55 bits per heavy atom. The number of thiazole rings is 1. The van der Waals surface area contributed by atoms with E-state index in [4.69, 9.17) is 14.5 Å². The molecule has 8 aromatic rings. The van der Waals surface area contributed by atoms with Crippen molar-refractivity contribution in [2.75, 3.05) is 23.8 Å². The van der Waals surface area contributed by atoms with Crippen molar-refractivity contribution in [3.05, 3.63) is 179 Å². The Hall–Kier alpha value is -7.70. The molecule has 0 bridgehead atoms. The first kappa shape index (κ1) is 40.1. The summed E-state index contributed by atoms with van der Waals surface area (Å²) in [6, 6.07) is 44.4. The highest BCUT2D eigenvalue weighted by molar-refractivity contribution is 7.22. The summed E-state index contributed by atoms with van der Waals surface area (Å²) in [6.45, 7) is 0.165. The standard InChI is InChI=1S/C51H39N7O6S/c59-28-29-63-35-24-22-34(23-25-35)46-51(36-30-31(21-26-37(36)52-49(51)62)12-11-27-57-40-19-9-7-17-38(40)55-56-57)42(47(60)54-50-53-39-18-8-10-20-41(39)65-50)44-48(61)64-45(33-15-5-2-6-16-33)43(58(44)46)32-13-3-1-4-14-32/h1-10,13-26,30,42-46,59H,27-29H2,(H,52,62)(H,53,54,60)/t42-,43-,44-,45+,46+,51-/m0/s1. The molecule has 6 atom stereocenters. The second kappa shape index (κ2) is 16.5. The second-order valence-electron chi connectivity index (χ2n) is 16.1. The van der Waals surface area contributed by atoms with Gasteiger partial charge < -0.3 is 25.2 Å². The van der Waals surface area contributed by atoms with E-state index < -0.39 is 53.3 Å².